The van der Waals surface area contributed by atoms with E-state index in [0.717, 1.165) is 31.2 Å². The van der Waals surface area contributed by atoms with Gasteiger partial charge in [-0.1, -0.05) is 30.0 Å². The molecule has 3 aromatic rings. The zero-order valence-electron chi connectivity index (χ0n) is 16.5. The molecule has 0 saturated heterocycles. The standard InChI is InChI=1S/C22H20N4O2S2/c1-14-11-20(28)26(15-7-3-2-4-8-15)22(24-14)29-13-19(27)25-21-17(12-23)16-9-5-6-10-18(16)30-21/h2-4,7-8,11H,5-6,9-10,13H2,1H3,(H,25,27). The fourth-order valence-electron chi connectivity index (χ4n) is 3.55. The van der Waals surface area contributed by atoms with Crippen molar-refractivity contribution in [2.75, 3.05) is 11.1 Å². The molecule has 0 fully saturated rings. The molecule has 2 aromatic heterocycles. The average Bonchev–Trinajstić information content (AvgIpc) is 3.09. The van der Waals surface area contributed by atoms with Crippen molar-refractivity contribution < 1.29 is 4.79 Å². The number of nitrogens with one attached hydrogen (secondary N) is 1. The Bertz CT molecular complexity index is 1190. The normalized spacial score (nSPS) is 12.8. The van der Waals surface area contributed by atoms with Crippen LogP contribution >= 0.6 is 23.1 Å². The minimum Gasteiger partial charge on any atom is -0.316 e. The summed E-state index contributed by atoms with van der Waals surface area (Å²) >= 11 is 2.71. The van der Waals surface area contributed by atoms with E-state index in [1.54, 1.807) is 6.92 Å². The van der Waals surface area contributed by atoms with E-state index in [4.69, 9.17) is 0 Å². The summed E-state index contributed by atoms with van der Waals surface area (Å²) in [4.78, 5) is 30.9. The predicted octanol–water partition coefficient (Wildman–Crippen LogP) is 4.08. The summed E-state index contributed by atoms with van der Waals surface area (Å²) in [6.07, 6.45) is 4.07. The number of carbonyl (C=O) groups is 1. The fraction of sp³-hybridized carbons (Fsp3) is 0.273. The van der Waals surface area contributed by atoms with E-state index in [1.165, 1.54) is 38.6 Å². The molecule has 0 saturated carbocycles. The van der Waals surface area contributed by atoms with Crippen LogP contribution in [-0.2, 0) is 17.6 Å². The molecule has 0 spiro atoms. The molecule has 30 heavy (non-hydrogen) atoms. The number of aryl methyl sites for hydroxylation is 2. The number of fused-ring (bicyclic) bond motifs is 1. The molecule has 1 aliphatic rings. The number of nitriles is 1. The summed E-state index contributed by atoms with van der Waals surface area (Å²) in [5.41, 5.74) is 2.82. The van der Waals surface area contributed by atoms with Crippen molar-refractivity contribution in [2.45, 2.75) is 37.8 Å². The highest BCUT2D eigenvalue weighted by Crippen LogP contribution is 2.37. The average molecular weight is 437 g/mol. The van der Waals surface area contributed by atoms with Gasteiger partial charge in [0.15, 0.2) is 5.16 Å². The molecular formula is C22H20N4O2S2. The summed E-state index contributed by atoms with van der Waals surface area (Å²) in [5.74, 6) is -0.124. The van der Waals surface area contributed by atoms with Crippen LogP contribution < -0.4 is 10.9 Å². The zero-order chi connectivity index (χ0) is 21.1. The number of benzene rings is 1. The minimum atomic E-state index is -0.217. The van der Waals surface area contributed by atoms with E-state index in [1.807, 2.05) is 30.3 Å². The van der Waals surface area contributed by atoms with Gasteiger partial charge in [-0.3, -0.25) is 14.2 Å². The molecule has 6 nitrogen and oxygen atoms in total. The molecule has 1 aromatic carbocycles. The first kappa shape index (κ1) is 20.4. The summed E-state index contributed by atoms with van der Waals surface area (Å²) < 4.78 is 1.51. The maximum atomic E-state index is 12.6. The van der Waals surface area contributed by atoms with E-state index in [9.17, 15) is 14.9 Å². The molecule has 1 aliphatic carbocycles. The Labute approximate surface area is 182 Å². The fourth-order valence-corrected chi connectivity index (χ4v) is 5.67. The molecule has 2 heterocycles. The third-order valence-electron chi connectivity index (χ3n) is 4.90. The quantitative estimate of drug-likeness (QED) is 0.481. The number of hydrogen-bond donors (Lipinski definition) is 1. The lowest BCUT2D eigenvalue weighted by Crippen LogP contribution is -2.22. The maximum Gasteiger partial charge on any atom is 0.258 e. The number of rotatable bonds is 5. The number of amides is 1. The molecule has 0 unspecified atom stereocenters. The van der Waals surface area contributed by atoms with Crippen molar-refractivity contribution in [3.8, 4) is 11.8 Å². The van der Waals surface area contributed by atoms with Gasteiger partial charge in [-0.05, 0) is 50.3 Å². The summed E-state index contributed by atoms with van der Waals surface area (Å²) in [7, 11) is 0. The van der Waals surface area contributed by atoms with Gasteiger partial charge in [0.25, 0.3) is 5.56 Å². The van der Waals surface area contributed by atoms with Crippen LogP contribution in [0.4, 0.5) is 5.00 Å². The molecule has 152 valence electrons. The smallest absolute Gasteiger partial charge is 0.258 e. The second-order valence-corrected chi connectivity index (χ2v) is 9.10. The molecule has 1 N–H and O–H groups in total. The lowest BCUT2D eigenvalue weighted by Gasteiger charge is -2.12. The zero-order valence-corrected chi connectivity index (χ0v) is 18.1. The molecule has 1 amide bonds. The number of para-hydroxylation sites is 1. The SMILES string of the molecule is Cc1cc(=O)n(-c2ccccc2)c(SCC(=O)Nc2sc3c(c2C#N)CCCC3)n1. The largest absolute Gasteiger partial charge is 0.316 e. The second kappa shape index (κ2) is 8.86. The Morgan fingerprint density at radius 3 is 2.83 bits per heavy atom. The highest BCUT2D eigenvalue weighted by atomic mass is 32.2. The van der Waals surface area contributed by atoms with Crippen LogP contribution in [0, 0.1) is 18.3 Å². The molecule has 8 heteroatoms. The van der Waals surface area contributed by atoms with Gasteiger partial charge in [-0.25, -0.2) is 4.98 Å². The first-order chi connectivity index (χ1) is 14.6. The number of aromatic nitrogens is 2. The lowest BCUT2D eigenvalue weighted by molar-refractivity contribution is -0.113. The molecule has 0 bridgehead atoms. The van der Waals surface area contributed by atoms with Crippen LogP contribution in [0.1, 0.15) is 34.5 Å². The number of nitrogens with zero attached hydrogens (tertiary/aromatic N) is 3. The van der Waals surface area contributed by atoms with Crippen molar-refractivity contribution in [3.63, 3.8) is 0 Å². The van der Waals surface area contributed by atoms with Crippen molar-refractivity contribution in [1.82, 2.24) is 9.55 Å². The molecule has 0 atom stereocenters. The Morgan fingerprint density at radius 1 is 1.30 bits per heavy atom. The number of carbonyl (C=O) groups excluding carboxylic acids is 1. The number of thiophene rings is 1. The minimum absolute atomic E-state index is 0.0934. The lowest BCUT2D eigenvalue weighted by atomic mass is 9.96. The van der Waals surface area contributed by atoms with Gasteiger partial charge in [0.1, 0.15) is 11.1 Å². The van der Waals surface area contributed by atoms with Crippen molar-refractivity contribution in [3.05, 3.63) is 68.4 Å². The highest BCUT2D eigenvalue weighted by molar-refractivity contribution is 7.99. The first-order valence-corrected chi connectivity index (χ1v) is 11.5. The van der Waals surface area contributed by atoms with Gasteiger partial charge in [0.05, 0.1) is 17.0 Å². The van der Waals surface area contributed by atoms with E-state index in [-0.39, 0.29) is 17.2 Å². The Hall–Kier alpha value is -2.89. The van der Waals surface area contributed by atoms with Crippen LogP contribution in [0.15, 0.2) is 46.3 Å². The van der Waals surface area contributed by atoms with Gasteiger partial charge < -0.3 is 5.32 Å². The van der Waals surface area contributed by atoms with Crippen molar-refractivity contribution in [2.24, 2.45) is 0 Å². The number of hydrogen-bond acceptors (Lipinski definition) is 6. The Kier molecular flexibility index (Phi) is 6.02. The van der Waals surface area contributed by atoms with Gasteiger partial charge in [-0.15, -0.1) is 11.3 Å². The van der Waals surface area contributed by atoms with E-state index in [0.29, 0.717) is 27.1 Å². The molecule has 4 rings (SSSR count). The number of anilines is 1. The van der Waals surface area contributed by atoms with Gasteiger partial charge in [-0.2, -0.15) is 5.26 Å². The summed E-state index contributed by atoms with van der Waals surface area (Å²) in [6.45, 7) is 1.76. The van der Waals surface area contributed by atoms with Crippen LogP contribution in [0.25, 0.3) is 5.69 Å². The van der Waals surface area contributed by atoms with Crippen LogP contribution in [-0.4, -0.2) is 21.2 Å². The first-order valence-electron chi connectivity index (χ1n) is 9.70. The van der Waals surface area contributed by atoms with Crippen molar-refractivity contribution >= 4 is 34.0 Å². The molecule has 0 aliphatic heterocycles. The third kappa shape index (κ3) is 4.18. The van der Waals surface area contributed by atoms with Crippen LogP contribution in [0.2, 0.25) is 0 Å². The van der Waals surface area contributed by atoms with E-state index < -0.39 is 0 Å². The van der Waals surface area contributed by atoms with E-state index >= 15 is 0 Å². The van der Waals surface area contributed by atoms with Crippen molar-refractivity contribution in [1.29, 1.82) is 5.26 Å². The monoisotopic (exact) mass is 436 g/mol. The van der Waals surface area contributed by atoms with Gasteiger partial charge >= 0.3 is 0 Å². The van der Waals surface area contributed by atoms with E-state index in [2.05, 4.69) is 16.4 Å². The Morgan fingerprint density at radius 2 is 2.07 bits per heavy atom. The summed E-state index contributed by atoms with van der Waals surface area (Å²) in [6, 6.07) is 13.0. The summed E-state index contributed by atoms with van der Waals surface area (Å²) in [5, 5.41) is 13.6. The molecular weight excluding hydrogens is 416 g/mol. The molecule has 0 radical (unpaired) electrons. The number of thioether (sulfide) groups is 1. The van der Waals surface area contributed by atoms with Gasteiger partial charge in [0.2, 0.25) is 5.91 Å². The van der Waals surface area contributed by atoms with Gasteiger partial charge in [0, 0.05) is 16.6 Å². The highest BCUT2D eigenvalue weighted by Gasteiger charge is 2.22. The third-order valence-corrected chi connectivity index (χ3v) is 7.04. The maximum absolute atomic E-state index is 12.6. The predicted molar refractivity (Wildman–Crippen MR) is 120 cm³/mol. The van der Waals surface area contributed by atoms with Crippen LogP contribution in [0.5, 0.6) is 0 Å². The second-order valence-electron chi connectivity index (χ2n) is 7.05. The topological polar surface area (TPSA) is 87.8 Å². The van der Waals surface area contributed by atoms with Crippen LogP contribution in [0.3, 0.4) is 0 Å². The Balaban J connectivity index is 1.54.